The van der Waals surface area contributed by atoms with Crippen molar-refractivity contribution in [1.82, 2.24) is 10.3 Å². The van der Waals surface area contributed by atoms with Gasteiger partial charge < -0.3 is 25.8 Å². The molecule has 1 aromatic heterocycles. The fourth-order valence-corrected chi connectivity index (χ4v) is 2.89. The zero-order valence-electron chi connectivity index (χ0n) is 15.8. The normalized spacial score (nSPS) is 20.2. The van der Waals surface area contributed by atoms with Crippen LogP contribution in [0.4, 0.5) is 10.6 Å². The second-order valence-corrected chi connectivity index (χ2v) is 7.52. The minimum absolute atomic E-state index is 0.0740. The average Bonchev–Trinajstić information content (AvgIpc) is 2.54. The minimum Gasteiger partial charge on any atom is -0.480 e. The Labute approximate surface area is 153 Å². The Bertz CT molecular complexity index is 649. The molecule has 8 heteroatoms. The standard InChI is InChI=1S/C18H28N4O4/c1-18(2,3)22-17(24)26-12-7-5-11(6-8-12)20-14-10-9-13(15(19)23)16(21-14)25-4/h9-12H,5-8H2,1-4H3,(H2,19,23)(H,20,21)(H,22,24). The lowest BCUT2D eigenvalue weighted by Crippen LogP contribution is -2.43. The van der Waals surface area contributed by atoms with Gasteiger partial charge in [-0.3, -0.25) is 4.79 Å². The number of methoxy groups -OCH3 is 1. The summed E-state index contributed by atoms with van der Waals surface area (Å²) in [5.41, 5.74) is 5.23. The van der Waals surface area contributed by atoms with Gasteiger partial charge in [0.05, 0.1) is 7.11 Å². The van der Waals surface area contributed by atoms with Crippen molar-refractivity contribution in [2.45, 2.75) is 64.1 Å². The first kappa shape index (κ1) is 19.8. The van der Waals surface area contributed by atoms with Crippen molar-refractivity contribution >= 4 is 17.8 Å². The van der Waals surface area contributed by atoms with Gasteiger partial charge in [0, 0.05) is 11.6 Å². The maximum absolute atomic E-state index is 11.8. The van der Waals surface area contributed by atoms with Crippen molar-refractivity contribution in [3.05, 3.63) is 17.7 Å². The number of hydrogen-bond acceptors (Lipinski definition) is 6. The van der Waals surface area contributed by atoms with Crippen molar-refractivity contribution in [2.75, 3.05) is 12.4 Å². The third kappa shape index (κ3) is 5.79. The van der Waals surface area contributed by atoms with Crippen molar-refractivity contribution in [2.24, 2.45) is 5.73 Å². The molecule has 2 rings (SSSR count). The SMILES string of the molecule is COc1nc(NC2CCC(OC(=O)NC(C)(C)C)CC2)ccc1C(N)=O. The highest BCUT2D eigenvalue weighted by molar-refractivity contribution is 5.95. The Morgan fingerprint density at radius 2 is 1.85 bits per heavy atom. The summed E-state index contributed by atoms with van der Waals surface area (Å²) in [5.74, 6) is 0.257. The van der Waals surface area contributed by atoms with Crippen LogP contribution in [-0.2, 0) is 4.74 Å². The van der Waals surface area contributed by atoms with Crippen molar-refractivity contribution in [1.29, 1.82) is 0 Å². The van der Waals surface area contributed by atoms with Crippen LogP contribution in [0.1, 0.15) is 56.8 Å². The number of alkyl carbamates (subject to hydrolysis) is 1. The van der Waals surface area contributed by atoms with E-state index >= 15 is 0 Å². The Morgan fingerprint density at radius 1 is 1.19 bits per heavy atom. The number of amides is 2. The van der Waals surface area contributed by atoms with E-state index in [9.17, 15) is 9.59 Å². The molecule has 26 heavy (non-hydrogen) atoms. The summed E-state index contributed by atoms with van der Waals surface area (Å²) >= 11 is 0. The molecule has 1 saturated carbocycles. The van der Waals surface area contributed by atoms with Crippen LogP contribution in [0.5, 0.6) is 5.88 Å². The molecule has 0 unspecified atom stereocenters. The fourth-order valence-electron chi connectivity index (χ4n) is 2.89. The van der Waals surface area contributed by atoms with Gasteiger partial charge in [0.25, 0.3) is 5.91 Å². The lowest BCUT2D eigenvalue weighted by atomic mass is 9.93. The van der Waals surface area contributed by atoms with E-state index in [1.807, 2.05) is 20.8 Å². The van der Waals surface area contributed by atoms with E-state index in [0.717, 1.165) is 25.7 Å². The summed E-state index contributed by atoms with van der Waals surface area (Å²) in [7, 11) is 1.45. The number of carbonyl (C=O) groups is 2. The van der Waals surface area contributed by atoms with E-state index in [0.29, 0.717) is 5.82 Å². The van der Waals surface area contributed by atoms with Crippen LogP contribution in [-0.4, -0.2) is 41.8 Å². The number of ether oxygens (including phenoxy) is 2. The van der Waals surface area contributed by atoms with Gasteiger partial charge in [0.2, 0.25) is 5.88 Å². The van der Waals surface area contributed by atoms with Gasteiger partial charge in [-0.2, -0.15) is 4.98 Å². The second-order valence-electron chi connectivity index (χ2n) is 7.52. The lowest BCUT2D eigenvalue weighted by Gasteiger charge is -2.30. The number of carbonyl (C=O) groups excluding carboxylic acids is 2. The molecule has 0 aromatic carbocycles. The van der Waals surface area contributed by atoms with Gasteiger partial charge in [0.15, 0.2) is 0 Å². The van der Waals surface area contributed by atoms with Crippen LogP contribution < -0.4 is 21.1 Å². The van der Waals surface area contributed by atoms with E-state index in [-0.39, 0.29) is 35.2 Å². The monoisotopic (exact) mass is 364 g/mol. The number of nitrogens with one attached hydrogen (secondary N) is 2. The third-order valence-corrected chi connectivity index (χ3v) is 4.10. The Balaban J connectivity index is 1.85. The van der Waals surface area contributed by atoms with Gasteiger partial charge in [-0.15, -0.1) is 0 Å². The molecule has 1 aliphatic rings. The topological polar surface area (TPSA) is 116 Å². The van der Waals surface area contributed by atoms with Crippen LogP contribution >= 0.6 is 0 Å². The molecule has 0 aliphatic heterocycles. The summed E-state index contributed by atoms with van der Waals surface area (Å²) in [4.78, 5) is 27.5. The number of pyridine rings is 1. The Hall–Kier alpha value is -2.51. The highest BCUT2D eigenvalue weighted by Crippen LogP contribution is 2.25. The number of anilines is 1. The predicted octanol–water partition coefficient (Wildman–Crippen LogP) is 2.44. The highest BCUT2D eigenvalue weighted by atomic mass is 16.6. The number of nitrogens with two attached hydrogens (primary N) is 1. The van der Waals surface area contributed by atoms with Crippen LogP contribution in [0.25, 0.3) is 0 Å². The molecule has 1 heterocycles. The van der Waals surface area contributed by atoms with Crippen LogP contribution in [0, 0.1) is 0 Å². The molecule has 0 saturated heterocycles. The molecule has 1 aliphatic carbocycles. The van der Waals surface area contributed by atoms with E-state index in [2.05, 4.69) is 15.6 Å². The molecule has 0 atom stereocenters. The molecule has 8 nitrogen and oxygen atoms in total. The number of aromatic nitrogens is 1. The first-order chi connectivity index (χ1) is 12.2. The molecular weight excluding hydrogens is 336 g/mol. The van der Waals surface area contributed by atoms with Gasteiger partial charge in [-0.05, 0) is 58.6 Å². The zero-order chi connectivity index (χ0) is 19.3. The zero-order valence-corrected chi connectivity index (χ0v) is 15.8. The minimum atomic E-state index is -0.577. The number of primary amides is 1. The molecule has 1 fully saturated rings. The molecule has 0 bridgehead atoms. The molecule has 0 radical (unpaired) electrons. The van der Waals surface area contributed by atoms with Gasteiger partial charge >= 0.3 is 6.09 Å². The summed E-state index contributed by atoms with van der Waals surface area (Å²) in [6, 6.07) is 3.53. The van der Waals surface area contributed by atoms with E-state index in [4.69, 9.17) is 15.2 Å². The second kappa shape index (κ2) is 8.25. The average molecular weight is 364 g/mol. The highest BCUT2D eigenvalue weighted by Gasteiger charge is 2.25. The first-order valence-electron chi connectivity index (χ1n) is 8.78. The maximum Gasteiger partial charge on any atom is 0.407 e. The predicted molar refractivity (Wildman–Crippen MR) is 98.3 cm³/mol. The van der Waals surface area contributed by atoms with Gasteiger partial charge in [0.1, 0.15) is 17.5 Å². The molecule has 0 spiro atoms. The summed E-state index contributed by atoms with van der Waals surface area (Å²) < 4.78 is 10.6. The smallest absolute Gasteiger partial charge is 0.407 e. The van der Waals surface area contributed by atoms with Gasteiger partial charge in [-0.25, -0.2) is 4.79 Å². The summed E-state index contributed by atoms with van der Waals surface area (Å²) in [5, 5.41) is 6.14. The Kier molecular flexibility index (Phi) is 6.28. The third-order valence-electron chi connectivity index (χ3n) is 4.10. The van der Waals surface area contributed by atoms with Crippen molar-refractivity contribution in [3.8, 4) is 5.88 Å². The molecular formula is C18H28N4O4. The summed E-state index contributed by atoms with van der Waals surface area (Å²) in [6.45, 7) is 5.75. The quantitative estimate of drug-likeness (QED) is 0.739. The number of rotatable bonds is 5. The van der Waals surface area contributed by atoms with Crippen LogP contribution in [0.3, 0.4) is 0 Å². The number of hydrogen-bond donors (Lipinski definition) is 3. The van der Waals surface area contributed by atoms with Gasteiger partial charge in [-0.1, -0.05) is 0 Å². The Morgan fingerprint density at radius 3 is 2.38 bits per heavy atom. The van der Waals surface area contributed by atoms with E-state index < -0.39 is 5.91 Å². The molecule has 2 amide bonds. The first-order valence-corrected chi connectivity index (χ1v) is 8.78. The van der Waals surface area contributed by atoms with Crippen molar-refractivity contribution < 1.29 is 19.1 Å². The van der Waals surface area contributed by atoms with Crippen LogP contribution in [0.15, 0.2) is 12.1 Å². The van der Waals surface area contributed by atoms with Crippen LogP contribution in [0.2, 0.25) is 0 Å². The van der Waals surface area contributed by atoms with E-state index in [1.54, 1.807) is 12.1 Å². The lowest BCUT2D eigenvalue weighted by molar-refractivity contribution is 0.0681. The summed E-state index contributed by atoms with van der Waals surface area (Å²) in [6.07, 6.45) is 2.83. The maximum atomic E-state index is 11.8. The van der Waals surface area contributed by atoms with Crippen molar-refractivity contribution in [3.63, 3.8) is 0 Å². The number of nitrogens with zero attached hydrogens (tertiary/aromatic N) is 1. The fraction of sp³-hybridized carbons (Fsp3) is 0.611. The molecule has 4 N–H and O–H groups in total. The van der Waals surface area contributed by atoms with E-state index in [1.165, 1.54) is 7.11 Å². The molecule has 1 aromatic rings. The largest absolute Gasteiger partial charge is 0.480 e. The molecule has 144 valence electrons.